The molecule has 1 amide bonds. The molecule has 3 aromatic rings. The fraction of sp³-hybridized carbons (Fsp3) is 0.320. The number of rotatable bonds is 6. The zero-order chi connectivity index (χ0) is 21.6. The molecule has 1 fully saturated rings. The largest absolute Gasteiger partial charge is 0.497 e. The summed E-state index contributed by atoms with van der Waals surface area (Å²) in [4.78, 5) is 27.0. The van der Waals surface area contributed by atoms with Gasteiger partial charge in [-0.15, -0.1) is 0 Å². The van der Waals surface area contributed by atoms with Crippen molar-refractivity contribution >= 4 is 5.91 Å². The highest BCUT2D eigenvalue weighted by Crippen LogP contribution is 2.22. The number of ether oxygens (including phenoxy) is 1. The first kappa shape index (κ1) is 20.8. The predicted molar refractivity (Wildman–Crippen MR) is 120 cm³/mol. The molecule has 0 aliphatic carbocycles. The van der Waals surface area contributed by atoms with Gasteiger partial charge in [-0.1, -0.05) is 30.3 Å². The van der Waals surface area contributed by atoms with Crippen molar-refractivity contribution in [1.82, 2.24) is 14.7 Å². The van der Waals surface area contributed by atoms with E-state index in [1.54, 1.807) is 13.2 Å². The van der Waals surface area contributed by atoms with Crippen LogP contribution in [0.2, 0.25) is 0 Å². The molecule has 31 heavy (non-hydrogen) atoms. The lowest BCUT2D eigenvalue weighted by Gasteiger charge is -2.32. The molecule has 2 aromatic carbocycles. The minimum Gasteiger partial charge on any atom is -0.497 e. The van der Waals surface area contributed by atoms with E-state index in [1.807, 2.05) is 35.2 Å². The Morgan fingerprint density at radius 1 is 1.00 bits per heavy atom. The lowest BCUT2D eigenvalue weighted by Crippen LogP contribution is -2.42. The third kappa shape index (κ3) is 5.20. The minimum atomic E-state index is -0.274. The maximum absolute atomic E-state index is 12.8. The molecule has 1 aromatic heterocycles. The highest BCUT2D eigenvalue weighted by Gasteiger charge is 2.23. The number of carbonyl (C=O) groups excluding carboxylic acids is 1. The van der Waals surface area contributed by atoms with Gasteiger partial charge in [0.05, 0.1) is 12.8 Å². The molecule has 1 saturated heterocycles. The molecule has 0 radical (unpaired) electrons. The number of hydrogen-bond acceptors (Lipinski definition) is 4. The Bertz CT molecular complexity index is 1070. The Morgan fingerprint density at radius 3 is 2.39 bits per heavy atom. The lowest BCUT2D eigenvalue weighted by atomic mass is 9.90. The van der Waals surface area contributed by atoms with Gasteiger partial charge in [-0.25, -0.2) is 4.68 Å². The van der Waals surface area contributed by atoms with E-state index in [9.17, 15) is 9.59 Å². The van der Waals surface area contributed by atoms with Gasteiger partial charge >= 0.3 is 0 Å². The number of nitrogens with zero attached hydrogens (tertiary/aromatic N) is 3. The van der Waals surface area contributed by atoms with Crippen molar-refractivity contribution in [3.8, 4) is 17.0 Å². The summed E-state index contributed by atoms with van der Waals surface area (Å²) in [6.07, 6.45) is 3.01. The average Bonchev–Trinajstić information content (AvgIpc) is 2.82. The van der Waals surface area contributed by atoms with E-state index in [4.69, 9.17) is 4.74 Å². The molecule has 1 aliphatic rings. The van der Waals surface area contributed by atoms with Crippen LogP contribution in [0.15, 0.2) is 71.5 Å². The van der Waals surface area contributed by atoms with Gasteiger partial charge in [0.25, 0.3) is 5.56 Å². The van der Waals surface area contributed by atoms with Crippen LogP contribution in [0, 0.1) is 5.92 Å². The summed E-state index contributed by atoms with van der Waals surface area (Å²) >= 11 is 0. The maximum atomic E-state index is 12.8. The second-order valence-corrected chi connectivity index (χ2v) is 7.96. The fourth-order valence-electron chi connectivity index (χ4n) is 4.04. The van der Waals surface area contributed by atoms with Crippen LogP contribution in [0.4, 0.5) is 0 Å². The third-order valence-corrected chi connectivity index (χ3v) is 5.87. The first-order valence-electron chi connectivity index (χ1n) is 10.7. The van der Waals surface area contributed by atoms with Crippen molar-refractivity contribution < 1.29 is 9.53 Å². The molecule has 160 valence electrons. The molecule has 4 rings (SSSR count). The SMILES string of the molecule is COc1ccc(-c2ccc(=O)n(CC(=O)N3CCC(Cc4ccccc4)CC3)n2)cc1. The van der Waals surface area contributed by atoms with Gasteiger partial charge in [-0.05, 0) is 61.1 Å². The number of likely N-dealkylation sites (tertiary alicyclic amines) is 1. The monoisotopic (exact) mass is 417 g/mol. The first-order chi connectivity index (χ1) is 15.1. The summed E-state index contributed by atoms with van der Waals surface area (Å²) in [5.41, 5.74) is 2.59. The number of benzene rings is 2. The normalized spacial score (nSPS) is 14.4. The summed E-state index contributed by atoms with van der Waals surface area (Å²) in [6.45, 7) is 1.42. The van der Waals surface area contributed by atoms with E-state index in [2.05, 4.69) is 29.4 Å². The van der Waals surface area contributed by atoms with Gasteiger partial charge in [0, 0.05) is 24.7 Å². The van der Waals surface area contributed by atoms with Crippen molar-refractivity contribution in [3.63, 3.8) is 0 Å². The Kier molecular flexibility index (Phi) is 6.46. The molecule has 0 unspecified atom stereocenters. The van der Waals surface area contributed by atoms with Crippen LogP contribution < -0.4 is 10.3 Å². The van der Waals surface area contributed by atoms with E-state index >= 15 is 0 Å². The van der Waals surface area contributed by atoms with Crippen molar-refractivity contribution in [1.29, 1.82) is 0 Å². The summed E-state index contributed by atoms with van der Waals surface area (Å²) in [7, 11) is 1.61. The van der Waals surface area contributed by atoms with Crippen LogP contribution >= 0.6 is 0 Å². The number of hydrogen-bond donors (Lipinski definition) is 0. The number of methoxy groups -OCH3 is 1. The first-order valence-corrected chi connectivity index (χ1v) is 10.7. The van der Waals surface area contributed by atoms with Crippen LogP contribution in [0.25, 0.3) is 11.3 Å². The van der Waals surface area contributed by atoms with Gasteiger partial charge in [0.1, 0.15) is 12.3 Å². The van der Waals surface area contributed by atoms with Crippen molar-refractivity contribution in [3.05, 3.63) is 82.6 Å². The van der Waals surface area contributed by atoms with Crippen molar-refractivity contribution in [2.75, 3.05) is 20.2 Å². The number of carbonyl (C=O) groups is 1. The molecule has 2 heterocycles. The van der Waals surface area contributed by atoms with Crippen LogP contribution in [-0.2, 0) is 17.8 Å². The zero-order valence-electron chi connectivity index (χ0n) is 17.7. The Morgan fingerprint density at radius 2 is 1.71 bits per heavy atom. The molecule has 0 spiro atoms. The molecule has 0 N–H and O–H groups in total. The molecule has 6 heteroatoms. The van der Waals surface area contributed by atoms with Crippen molar-refractivity contribution in [2.45, 2.75) is 25.8 Å². The van der Waals surface area contributed by atoms with Crippen LogP contribution in [-0.4, -0.2) is 40.8 Å². The van der Waals surface area contributed by atoms with Gasteiger partial charge < -0.3 is 9.64 Å². The highest BCUT2D eigenvalue weighted by atomic mass is 16.5. The summed E-state index contributed by atoms with van der Waals surface area (Å²) < 4.78 is 6.44. The fourth-order valence-corrected chi connectivity index (χ4v) is 4.04. The van der Waals surface area contributed by atoms with Gasteiger partial charge in [0.15, 0.2) is 0 Å². The second kappa shape index (κ2) is 9.60. The standard InChI is InChI=1S/C25H27N3O3/c1-31-22-9-7-21(8-10-22)23-11-12-24(29)28(26-23)18-25(30)27-15-13-20(14-16-27)17-19-5-3-2-4-6-19/h2-12,20H,13-18H2,1H3. The summed E-state index contributed by atoms with van der Waals surface area (Å²) in [5.74, 6) is 1.29. The van der Waals surface area contributed by atoms with E-state index < -0.39 is 0 Å². The van der Waals surface area contributed by atoms with Crippen molar-refractivity contribution in [2.24, 2.45) is 5.92 Å². The summed E-state index contributed by atoms with van der Waals surface area (Å²) in [5, 5.41) is 4.42. The van der Waals surface area contributed by atoms with E-state index in [1.165, 1.54) is 16.3 Å². The Labute approximate surface area is 182 Å². The van der Waals surface area contributed by atoms with Gasteiger partial charge in [-0.3, -0.25) is 9.59 Å². The smallest absolute Gasteiger partial charge is 0.267 e. The lowest BCUT2D eigenvalue weighted by molar-refractivity contribution is -0.133. The highest BCUT2D eigenvalue weighted by molar-refractivity contribution is 5.76. The van der Waals surface area contributed by atoms with E-state index in [0.717, 1.165) is 43.7 Å². The van der Waals surface area contributed by atoms with Gasteiger partial charge in [0.2, 0.25) is 5.91 Å². The minimum absolute atomic E-state index is 0.0355. The average molecular weight is 418 g/mol. The van der Waals surface area contributed by atoms with Crippen LogP contribution in [0.1, 0.15) is 18.4 Å². The molecule has 0 bridgehead atoms. The topological polar surface area (TPSA) is 64.4 Å². The quantitative estimate of drug-likeness (QED) is 0.617. The maximum Gasteiger partial charge on any atom is 0.267 e. The second-order valence-electron chi connectivity index (χ2n) is 7.96. The van der Waals surface area contributed by atoms with Crippen LogP contribution in [0.3, 0.4) is 0 Å². The molecule has 6 nitrogen and oxygen atoms in total. The molecular formula is C25H27N3O3. The molecule has 0 atom stereocenters. The van der Waals surface area contributed by atoms with Crippen LogP contribution in [0.5, 0.6) is 5.75 Å². The predicted octanol–water partition coefficient (Wildman–Crippen LogP) is 3.40. The van der Waals surface area contributed by atoms with E-state index in [0.29, 0.717) is 11.6 Å². The zero-order valence-corrected chi connectivity index (χ0v) is 17.7. The number of piperidine rings is 1. The third-order valence-electron chi connectivity index (χ3n) is 5.87. The van der Waals surface area contributed by atoms with E-state index in [-0.39, 0.29) is 18.0 Å². The number of amides is 1. The Hall–Kier alpha value is -3.41. The molecule has 0 saturated carbocycles. The van der Waals surface area contributed by atoms with Gasteiger partial charge in [-0.2, -0.15) is 5.10 Å². The molecule has 1 aliphatic heterocycles. The number of aromatic nitrogens is 2. The molecular weight excluding hydrogens is 390 g/mol. The Balaban J connectivity index is 1.37. The summed E-state index contributed by atoms with van der Waals surface area (Å²) in [6, 6.07) is 21.1.